The Balaban J connectivity index is 2.25. The predicted molar refractivity (Wildman–Crippen MR) is 75.8 cm³/mol. The van der Waals surface area contributed by atoms with Gasteiger partial charge in [0.1, 0.15) is 5.82 Å². The molecule has 0 fully saturated rings. The number of benzene rings is 1. The van der Waals surface area contributed by atoms with Crippen molar-refractivity contribution in [2.75, 3.05) is 5.32 Å². The number of aryl methyl sites for hydroxylation is 2. The second-order valence-corrected chi connectivity index (χ2v) is 4.88. The van der Waals surface area contributed by atoms with Gasteiger partial charge in [-0.3, -0.25) is 0 Å². The summed E-state index contributed by atoms with van der Waals surface area (Å²) in [5.74, 6) is 0.851. The summed E-state index contributed by atoms with van der Waals surface area (Å²) in [6, 6.07) is 10.4. The molecule has 0 saturated heterocycles. The number of rotatable bonds is 3. The Kier molecular flexibility index (Phi) is 3.79. The molecule has 0 unspecified atom stereocenters. The van der Waals surface area contributed by atoms with Crippen molar-refractivity contribution in [1.82, 2.24) is 4.98 Å². The highest BCUT2D eigenvalue weighted by Gasteiger charge is 2.02. The lowest BCUT2D eigenvalue weighted by molar-refractivity contribution is 1.14. The molecule has 1 aromatic carbocycles. The maximum Gasteiger partial charge on any atom is 0.144 e. The van der Waals surface area contributed by atoms with Gasteiger partial charge in [0.2, 0.25) is 0 Å². The van der Waals surface area contributed by atoms with Crippen molar-refractivity contribution >= 4 is 27.4 Å². The molecule has 0 radical (unpaired) electrons. The number of pyridine rings is 1. The van der Waals surface area contributed by atoms with Crippen LogP contribution in [0.5, 0.6) is 0 Å². The second kappa shape index (κ2) is 5.32. The monoisotopic (exact) mass is 290 g/mol. The molecule has 88 valence electrons. The van der Waals surface area contributed by atoms with Gasteiger partial charge in [-0.1, -0.05) is 19.1 Å². The van der Waals surface area contributed by atoms with Crippen molar-refractivity contribution < 1.29 is 0 Å². The minimum atomic E-state index is 0.851. The van der Waals surface area contributed by atoms with E-state index in [-0.39, 0.29) is 0 Å². The molecule has 0 spiro atoms. The fourth-order valence-electron chi connectivity index (χ4n) is 1.63. The largest absolute Gasteiger partial charge is 0.339 e. The molecule has 0 aliphatic carbocycles. The zero-order chi connectivity index (χ0) is 12.3. The summed E-state index contributed by atoms with van der Waals surface area (Å²) >= 11 is 3.52. The van der Waals surface area contributed by atoms with Gasteiger partial charge in [-0.2, -0.15) is 0 Å². The van der Waals surface area contributed by atoms with Crippen LogP contribution in [0, 0.1) is 6.92 Å². The van der Waals surface area contributed by atoms with E-state index in [1.165, 1.54) is 5.56 Å². The highest BCUT2D eigenvalue weighted by molar-refractivity contribution is 9.10. The van der Waals surface area contributed by atoms with Crippen LogP contribution in [0.25, 0.3) is 0 Å². The van der Waals surface area contributed by atoms with Gasteiger partial charge in [0, 0.05) is 11.9 Å². The number of aromatic nitrogens is 1. The maximum atomic E-state index is 4.37. The molecular weight excluding hydrogens is 276 g/mol. The number of anilines is 2. The SMILES string of the molecule is CCc1cccc(Nc2ncc(C)cc2Br)c1. The lowest BCUT2D eigenvalue weighted by Crippen LogP contribution is -1.95. The first-order chi connectivity index (χ1) is 8.19. The van der Waals surface area contributed by atoms with Crippen LogP contribution < -0.4 is 5.32 Å². The van der Waals surface area contributed by atoms with Crippen LogP contribution in [-0.4, -0.2) is 4.98 Å². The molecule has 1 heterocycles. The minimum Gasteiger partial charge on any atom is -0.339 e. The normalized spacial score (nSPS) is 10.3. The average molecular weight is 291 g/mol. The van der Waals surface area contributed by atoms with Gasteiger partial charge in [-0.25, -0.2) is 4.98 Å². The second-order valence-electron chi connectivity index (χ2n) is 4.02. The first kappa shape index (κ1) is 12.1. The standard InChI is InChI=1S/C14H15BrN2/c1-3-11-5-4-6-12(8-11)17-14-13(15)7-10(2)9-16-14/h4-9H,3H2,1-2H3,(H,16,17). The van der Waals surface area contributed by atoms with Crippen LogP contribution in [0.2, 0.25) is 0 Å². The first-order valence-corrected chi connectivity index (χ1v) is 6.46. The molecule has 0 aliphatic rings. The van der Waals surface area contributed by atoms with Gasteiger partial charge in [0.05, 0.1) is 4.47 Å². The maximum absolute atomic E-state index is 4.37. The third kappa shape index (κ3) is 3.07. The summed E-state index contributed by atoms with van der Waals surface area (Å²) in [6.45, 7) is 4.18. The third-order valence-corrected chi connectivity index (χ3v) is 3.18. The van der Waals surface area contributed by atoms with Crippen LogP contribution in [-0.2, 0) is 6.42 Å². The number of hydrogen-bond donors (Lipinski definition) is 1. The quantitative estimate of drug-likeness (QED) is 0.903. The zero-order valence-corrected chi connectivity index (χ0v) is 11.6. The Bertz CT molecular complexity index is 523. The smallest absolute Gasteiger partial charge is 0.144 e. The van der Waals surface area contributed by atoms with Gasteiger partial charge in [-0.05, 0) is 58.6 Å². The van der Waals surface area contributed by atoms with Gasteiger partial charge in [-0.15, -0.1) is 0 Å². The van der Waals surface area contributed by atoms with E-state index in [1.54, 1.807) is 0 Å². The zero-order valence-electron chi connectivity index (χ0n) is 10.00. The van der Waals surface area contributed by atoms with Crippen molar-refractivity contribution in [3.05, 3.63) is 52.1 Å². The highest BCUT2D eigenvalue weighted by atomic mass is 79.9. The number of nitrogens with zero attached hydrogens (tertiary/aromatic N) is 1. The van der Waals surface area contributed by atoms with Crippen molar-refractivity contribution in [2.45, 2.75) is 20.3 Å². The van der Waals surface area contributed by atoms with Crippen LogP contribution in [0.15, 0.2) is 41.0 Å². The minimum absolute atomic E-state index is 0.851. The van der Waals surface area contributed by atoms with Crippen LogP contribution in [0.1, 0.15) is 18.1 Å². The molecule has 3 heteroatoms. The number of nitrogens with one attached hydrogen (secondary N) is 1. The van der Waals surface area contributed by atoms with Crippen LogP contribution in [0.4, 0.5) is 11.5 Å². The molecule has 17 heavy (non-hydrogen) atoms. The molecule has 2 aromatic rings. The van der Waals surface area contributed by atoms with E-state index in [1.807, 2.05) is 19.2 Å². The Labute approximate surface area is 110 Å². The van der Waals surface area contributed by atoms with E-state index in [9.17, 15) is 0 Å². The summed E-state index contributed by atoms with van der Waals surface area (Å²) < 4.78 is 0.986. The Hall–Kier alpha value is -1.35. The topological polar surface area (TPSA) is 24.9 Å². The first-order valence-electron chi connectivity index (χ1n) is 5.67. The van der Waals surface area contributed by atoms with E-state index in [0.717, 1.165) is 28.0 Å². The summed E-state index contributed by atoms with van der Waals surface area (Å²) in [7, 11) is 0. The fourth-order valence-corrected chi connectivity index (χ4v) is 2.19. The Morgan fingerprint density at radius 3 is 2.82 bits per heavy atom. The predicted octanol–water partition coefficient (Wildman–Crippen LogP) is 4.46. The van der Waals surface area contributed by atoms with Crippen molar-refractivity contribution in [1.29, 1.82) is 0 Å². The fraction of sp³-hybridized carbons (Fsp3) is 0.214. The molecule has 0 saturated carbocycles. The van der Waals surface area contributed by atoms with E-state index in [0.29, 0.717) is 0 Å². The Morgan fingerprint density at radius 1 is 1.29 bits per heavy atom. The third-order valence-electron chi connectivity index (χ3n) is 2.58. The van der Waals surface area contributed by atoms with Crippen LogP contribution >= 0.6 is 15.9 Å². The molecular formula is C14H15BrN2. The molecule has 1 N–H and O–H groups in total. The lowest BCUT2D eigenvalue weighted by atomic mass is 10.1. The average Bonchev–Trinajstić information content (AvgIpc) is 2.33. The Morgan fingerprint density at radius 2 is 2.12 bits per heavy atom. The molecule has 2 rings (SSSR count). The molecule has 0 atom stereocenters. The van der Waals surface area contributed by atoms with E-state index in [2.05, 4.69) is 57.4 Å². The van der Waals surface area contributed by atoms with Crippen molar-refractivity contribution in [3.63, 3.8) is 0 Å². The van der Waals surface area contributed by atoms with E-state index < -0.39 is 0 Å². The highest BCUT2D eigenvalue weighted by Crippen LogP contribution is 2.24. The molecule has 0 amide bonds. The van der Waals surface area contributed by atoms with E-state index in [4.69, 9.17) is 0 Å². The molecule has 0 aliphatic heterocycles. The molecule has 0 bridgehead atoms. The van der Waals surface area contributed by atoms with Crippen molar-refractivity contribution in [2.24, 2.45) is 0 Å². The summed E-state index contributed by atoms with van der Waals surface area (Å²) in [5.41, 5.74) is 3.53. The van der Waals surface area contributed by atoms with Gasteiger partial charge in [0.25, 0.3) is 0 Å². The summed E-state index contributed by atoms with van der Waals surface area (Å²) in [4.78, 5) is 4.37. The molecule has 2 nitrogen and oxygen atoms in total. The van der Waals surface area contributed by atoms with Gasteiger partial charge < -0.3 is 5.32 Å². The van der Waals surface area contributed by atoms with E-state index >= 15 is 0 Å². The summed E-state index contributed by atoms with van der Waals surface area (Å²) in [5, 5.41) is 3.32. The summed E-state index contributed by atoms with van der Waals surface area (Å²) in [6.07, 6.45) is 2.90. The van der Waals surface area contributed by atoms with Gasteiger partial charge >= 0.3 is 0 Å². The van der Waals surface area contributed by atoms with Crippen molar-refractivity contribution in [3.8, 4) is 0 Å². The van der Waals surface area contributed by atoms with Gasteiger partial charge in [0.15, 0.2) is 0 Å². The number of halogens is 1. The number of hydrogen-bond acceptors (Lipinski definition) is 2. The van der Waals surface area contributed by atoms with Crippen LogP contribution in [0.3, 0.4) is 0 Å². The molecule has 1 aromatic heterocycles. The lowest BCUT2D eigenvalue weighted by Gasteiger charge is -2.09.